The van der Waals surface area contributed by atoms with Gasteiger partial charge < -0.3 is 19.4 Å². The number of likely N-dealkylation sites (tertiary alicyclic amines) is 1. The quantitative estimate of drug-likeness (QED) is 0.807. The fraction of sp³-hybridized carbons (Fsp3) is 0.600. The van der Waals surface area contributed by atoms with Crippen LogP contribution in [0.3, 0.4) is 0 Å². The van der Waals surface area contributed by atoms with Gasteiger partial charge in [-0.05, 0) is 57.6 Å². The van der Waals surface area contributed by atoms with Crippen LogP contribution in [0.25, 0.3) is 0 Å². The molecule has 2 fully saturated rings. The first-order chi connectivity index (χ1) is 12.5. The molecule has 0 unspecified atom stereocenters. The van der Waals surface area contributed by atoms with Gasteiger partial charge >= 0.3 is 0 Å². The number of hydrogen-bond acceptors (Lipinski definition) is 4. The van der Waals surface area contributed by atoms with Gasteiger partial charge in [0, 0.05) is 37.8 Å². The number of carbonyl (C=O) groups excluding carboxylic acids is 2. The van der Waals surface area contributed by atoms with E-state index in [1.54, 1.807) is 12.0 Å². The van der Waals surface area contributed by atoms with Gasteiger partial charge in [-0.3, -0.25) is 9.59 Å². The first-order valence-corrected chi connectivity index (χ1v) is 9.39. The van der Waals surface area contributed by atoms with Crippen LogP contribution in [0.4, 0.5) is 5.69 Å². The maximum absolute atomic E-state index is 13.1. The molecule has 0 N–H and O–H groups in total. The van der Waals surface area contributed by atoms with Crippen LogP contribution in [0.2, 0.25) is 0 Å². The molecule has 6 nitrogen and oxygen atoms in total. The average molecular weight is 359 g/mol. The normalized spacial score (nSPS) is 23.6. The van der Waals surface area contributed by atoms with Gasteiger partial charge in [0.05, 0.1) is 13.0 Å². The second-order valence-corrected chi connectivity index (χ2v) is 7.55. The molecule has 0 bridgehead atoms. The number of benzene rings is 1. The largest absolute Gasteiger partial charge is 0.497 e. The third-order valence-electron chi connectivity index (χ3n) is 5.34. The van der Waals surface area contributed by atoms with E-state index < -0.39 is 0 Å². The summed E-state index contributed by atoms with van der Waals surface area (Å²) in [6.45, 7) is 2.16. The summed E-state index contributed by atoms with van der Waals surface area (Å²) in [7, 11) is 5.71. The van der Waals surface area contributed by atoms with Crippen LogP contribution in [0, 0.1) is 5.92 Å². The highest BCUT2D eigenvalue weighted by atomic mass is 16.5. The Bertz CT molecular complexity index is 644. The predicted octanol–water partition coefficient (Wildman–Crippen LogP) is 1.99. The Balaban J connectivity index is 1.69. The number of carbonyl (C=O) groups is 2. The van der Waals surface area contributed by atoms with Crippen molar-refractivity contribution in [2.24, 2.45) is 5.92 Å². The summed E-state index contributed by atoms with van der Waals surface area (Å²) in [6, 6.07) is 7.69. The predicted molar refractivity (Wildman–Crippen MR) is 101 cm³/mol. The fourth-order valence-corrected chi connectivity index (χ4v) is 4.02. The Labute approximate surface area is 155 Å². The third-order valence-corrected chi connectivity index (χ3v) is 5.34. The molecule has 1 aromatic carbocycles. The monoisotopic (exact) mass is 359 g/mol. The Hall–Kier alpha value is -2.08. The maximum Gasteiger partial charge on any atom is 0.228 e. The van der Waals surface area contributed by atoms with E-state index in [2.05, 4.69) is 4.90 Å². The molecule has 2 amide bonds. The molecule has 0 spiro atoms. The Morgan fingerprint density at radius 2 is 1.96 bits per heavy atom. The zero-order valence-electron chi connectivity index (χ0n) is 16.0. The molecule has 6 heteroatoms. The zero-order chi connectivity index (χ0) is 18.7. The number of hydrogen-bond donors (Lipinski definition) is 0. The van der Waals surface area contributed by atoms with E-state index in [4.69, 9.17) is 4.74 Å². The number of anilines is 1. The van der Waals surface area contributed by atoms with Crippen LogP contribution >= 0.6 is 0 Å². The molecule has 2 heterocycles. The van der Waals surface area contributed by atoms with Crippen molar-refractivity contribution in [1.82, 2.24) is 9.80 Å². The summed E-state index contributed by atoms with van der Waals surface area (Å²) < 4.78 is 5.17. The lowest BCUT2D eigenvalue weighted by Crippen LogP contribution is -2.50. The first-order valence-electron chi connectivity index (χ1n) is 9.39. The third kappa shape index (κ3) is 4.01. The van der Waals surface area contributed by atoms with Crippen LogP contribution in [-0.4, -0.2) is 68.5 Å². The van der Waals surface area contributed by atoms with E-state index in [1.165, 1.54) is 6.42 Å². The Kier molecular flexibility index (Phi) is 5.81. The van der Waals surface area contributed by atoms with Crippen LogP contribution in [0.15, 0.2) is 24.3 Å². The second kappa shape index (κ2) is 8.08. The number of likely N-dealkylation sites (N-methyl/N-ethyl adjacent to an activating group) is 1. The summed E-state index contributed by atoms with van der Waals surface area (Å²) in [4.78, 5) is 31.5. The molecule has 2 saturated heterocycles. The maximum atomic E-state index is 13.1. The van der Waals surface area contributed by atoms with Crippen molar-refractivity contribution in [3.63, 3.8) is 0 Å². The van der Waals surface area contributed by atoms with Crippen molar-refractivity contribution in [2.75, 3.05) is 45.7 Å². The summed E-state index contributed by atoms with van der Waals surface area (Å²) in [5, 5.41) is 0. The summed E-state index contributed by atoms with van der Waals surface area (Å²) in [6.07, 6.45) is 3.57. The molecular formula is C20H29N3O3. The summed E-state index contributed by atoms with van der Waals surface area (Å²) >= 11 is 0. The van der Waals surface area contributed by atoms with Gasteiger partial charge in [0.2, 0.25) is 11.8 Å². The minimum Gasteiger partial charge on any atom is -0.497 e. The molecule has 2 aliphatic heterocycles. The van der Waals surface area contributed by atoms with Crippen LogP contribution < -0.4 is 9.64 Å². The molecule has 0 saturated carbocycles. The molecule has 2 aliphatic rings. The molecule has 142 valence electrons. The van der Waals surface area contributed by atoms with E-state index in [9.17, 15) is 9.59 Å². The highest BCUT2D eigenvalue weighted by Gasteiger charge is 2.39. The number of ether oxygens (including phenoxy) is 1. The van der Waals surface area contributed by atoms with Crippen LogP contribution in [0.5, 0.6) is 5.75 Å². The van der Waals surface area contributed by atoms with Crippen LogP contribution in [0.1, 0.15) is 25.7 Å². The van der Waals surface area contributed by atoms with Gasteiger partial charge in [0.15, 0.2) is 0 Å². The van der Waals surface area contributed by atoms with Gasteiger partial charge in [-0.25, -0.2) is 0 Å². The van der Waals surface area contributed by atoms with Gasteiger partial charge in [0.25, 0.3) is 0 Å². The smallest absolute Gasteiger partial charge is 0.228 e. The van der Waals surface area contributed by atoms with Crippen molar-refractivity contribution in [3.8, 4) is 5.75 Å². The number of amides is 2. The second-order valence-electron chi connectivity index (χ2n) is 7.55. The molecule has 1 aromatic rings. The minimum absolute atomic E-state index is 0.0229. The molecule has 2 atom stereocenters. The molecule has 0 radical (unpaired) electrons. The van der Waals surface area contributed by atoms with Crippen LogP contribution in [-0.2, 0) is 9.59 Å². The number of nitrogens with zero attached hydrogens (tertiary/aromatic N) is 3. The van der Waals surface area contributed by atoms with E-state index >= 15 is 0 Å². The molecule has 0 aromatic heterocycles. The molecule has 3 rings (SSSR count). The average Bonchev–Trinajstić information content (AvgIpc) is 3.03. The Morgan fingerprint density at radius 1 is 1.23 bits per heavy atom. The molecule has 0 aliphatic carbocycles. The van der Waals surface area contributed by atoms with Crippen molar-refractivity contribution in [3.05, 3.63) is 24.3 Å². The van der Waals surface area contributed by atoms with Gasteiger partial charge in [0.1, 0.15) is 5.75 Å². The lowest BCUT2D eigenvalue weighted by Gasteiger charge is -2.38. The Morgan fingerprint density at radius 3 is 2.62 bits per heavy atom. The van der Waals surface area contributed by atoms with E-state index in [1.807, 2.05) is 43.3 Å². The van der Waals surface area contributed by atoms with Crippen molar-refractivity contribution >= 4 is 17.5 Å². The minimum atomic E-state index is -0.243. The standard InChI is InChI=1S/C20H29N3O3/c1-21(2)14-17-6-4-5-11-22(17)20(25)15-12-19(24)23(13-15)16-7-9-18(26-3)10-8-16/h7-10,15,17H,4-6,11-14H2,1-3H3/t15-,17+/m0/s1. The lowest BCUT2D eigenvalue weighted by atomic mass is 9.98. The van der Waals surface area contributed by atoms with Gasteiger partial charge in [-0.1, -0.05) is 0 Å². The topological polar surface area (TPSA) is 53.1 Å². The highest BCUT2D eigenvalue weighted by molar-refractivity contribution is 6.00. The van der Waals surface area contributed by atoms with Gasteiger partial charge in [-0.15, -0.1) is 0 Å². The number of methoxy groups -OCH3 is 1. The zero-order valence-corrected chi connectivity index (χ0v) is 16.0. The van der Waals surface area contributed by atoms with E-state index in [-0.39, 0.29) is 23.8 Å². The van der Waals surface area contributed by atoms with E-state index in [0.29, 0.717) is 13.0 Å². The van der Waals surface area contributed by atoms with Crippen molar-refractivity contribution < 1.29 is 14.3 Å². The van der Waals surface area contributed by atoms with Crippen molar-refractivity contribution in [1.29, 1.82) is 0 Å². The van der Waals surface area contributed by atoms with E-state index in [0.717, 1.165) is 37.4 Å². The first kappa shape index (κ1) is 18.7. The summed E-state index contributed by atoms with van der Waals surface area (Å²) in [5.41, 5.74) is 0.828. The highest BCUT2D eigenvalue weighted by Crippen LogP contribution is 2.29. The fourth-order valence-electron chi connectivity index (χ4n) is 4.02. The number of piperidine rings is 1. The van der Waals surface area contributed by atoms with Crippen molar-refractivity contribution in [2.45, 2.75) is 31.7 Å². The lowest BCUT2D eigenvalue weighted by molar-refractivity contribution is -0.139. The van der Waals surface area contributed by atoms with Gasteiger partial charge in [-0.2, -0.15) is 0 Å². The molecular weight excluding hydrogens is 330 g/mol. The summed E-state index contributed by atoms with van der Waals surface area (Å²) in [5.74, 6) is 0.677. The molecule has 26 heavy (non-hydrogen) atoms. The SMILES string of the molecule is COc1ccc(N2C[C@@H](C(=O)N3CCCC[C@@H]3CN(C)C)CC2=O)cc1. The number of rotatable bonds is 5.